The number of carbonyl (C=O) groups excluding carboxylic acids is 4. The molecule has 0 aliphatic heterocycles. The van der Waals surface area contributed by atoms with Crippen molar-refractivity contribution in [1.82, 2.24) is 0 Å². The number of carbonyl (C=O) groups is 4. The van der Waals surface area contributed by atoms with Crippen molar-refractivity contribution in [2.45, 2.75) is 64.2 Å². The van der Waals surface area contributed by atoms with Crippen LogP contribution in [0.15, 0.2) is 36.4 Å². The lowest BCUT2D eigenvalue weighted by atomic mass is 9.82. The molecule has 2 aromatic carbocycles. The average molecular weight is 671 g/mol. The van der Waals surface area contributed by atoms with Gasteiger partial charge in [-0.25, -0.2) is 0 Å². The van der Waals surface area contributed by atoms with E-state index in [9.17, 15) is 19.2 Å². The van der Waals surface area contributed by atoms with E-state index < -0.39 is 0 Å². The van der Waals surface area contributed by atoms with E-state index >= 15 is 0 Å². The maximum absolute atomic E-state index is 13.6. The molecule has 0 bridgehead atoms. The quantitative estimate of drug-likeness (QED) is 0.0707. The number of esters is 2. The van der Waals surface area contributed by atoms with E-state index in [4.69, 9.17) is 29.2 Å². The molecule has 1 aliphatic rings. The fraction of sp³-hybridized carbons (Fsp3) is 0.556. The molecule has 0 saturated heterocycles. The number of ketones is 2. The largest absolute Gasteiger partial charge is 0.463 e. The lowest BCUT2D eigenvalue weighted by Gasteiger charge is -2.24. The fourth-order valence-corrected chi connectivity index (χ4v) is 5.21. The number of hydrogen-bond acceptors (Lipinski definition) is 12. The third kappa shape index (κ3) is 13.0. The van der Waals surface area contributed by atoms with Crippen LogP contribution in [0.3, 0.4) is 0 Å². The van der Waals surface area contributed by atoms with E-state index in [1.54, 1.807) is 36.4 Å². The molecule has 0 atom stereocenters. The van der Waals surface area contributed by atoms with E-state index in [-0.39, 0.29) is 63.1 Å². The van der Waals surface area contributed by atoms with Crippen LogP contribution in [0.25, 0.3) is 0 Å². The van der Waals surface area contributed by atoms with Crippen molar-refractivity contribution in [3.8, 4) is 0 Å². The van der Waals surface area contributed by atoms with E-state index in [2.05, 4.69) is 10.6 Å². The number of rotatable bonds is 26. The van der Waals surface area contributed by atoms with Crippen LogP contribution < -0.4 is 10.6 Å². The van der Waals surface area contributed by atoms with Crippen molar-refractivity contribution in [3.05, 3.63) is 58.7 Å². The first-order valence-electron chi connectivity index (χ1n) is 17.0. The SMILES string of the molecule is O=C(CCCCCO)OCCOCCCNc1ccc(NCCCOCCOC(=O)CCCCCO)c2c1C(=O)c1ccccc1C2=O. The number of ether oxygens (including phenoxy) is 4. The number of aliphatic hydroxyl groups excluding tert-OH is 2. The Kier molecular flexibility index (Phi) is 18.2. The Labute approximate surface area is 282 Å². The van der Waals surface area contributed by atoms with Crippen molar-refractivity contribution in [3.63, 3.8) is 0 Å². The highest BCUT2D eigenvalue weighted by molar-refractivity contribution is 6.31. The van der Waals surface area contributed by atoms with Gasteiger partial charge >= 0.3 is 11.9 Å². The van der Waals surface area contributed by atoms with Crippen molar-refractivity contribution in [2.24, 2.45) is 0 Å². The second-order valence-electron chi connectivity index (χ2n) is 11.4. The summed E-state index contributed by atoms with van der Waals surface area (Å²) in [5, 5.41) is 24.2. The van der Waals surface area contributed by atoms with Crippen LogP contribution in [0.1, 0.15) is 96.1 Å². The summed E-state index contributed by atoms with van der Waals surface area (Å²) in [5.74, 6) is -0.973. The number of benzene rings is 2. The smallest absolute Gasteiger partial charge is 0.305 e. The molecule has 12 nitrogen and oxygen atoms in total. The average Bonchev–Trinajstić information content (AvgIpc) is 3.10. The topological polar surface area (TPSA) is 170 Å². The van der Waals surface area contributed by atoms with Gasteiger partial charge in [0.2, 0.25) is 0 Å². The summed E-state index contributed by atoms with van der Waals surface area (Å²) in [7, 11) is 0. The van der Waals surface area contributed by atoms with Gasteiger partial charge in [0.15, 0.2) is 11.6 Å². The Morgan fingerprint density at radius 1 is 0.542 bits per heavy atom. The first-order valence-corrected chi connectivity index (χ1v) is 17.0. The molecule has 0 unspecified atom stereocenters. The van der Waals surface area contributed by atoms with Crippen LogP contribution in [-0.4, -0.2) is 99.7 Å². The third-order valence-electron chi connectivity index (χ3n) is 7.70. The molecule has 1 aliphatic carbocycles. The van der Waals surface area contributed by atoms with Crippen molar-refractivity contribution >= 4 is 34.9 Å². The lowest BCUT2D eigenvalue weighted by molar-refractivity contribution is -0.146. The monoisotopic (exact) mass is 670 g/mol. The van der Waals surface area contributed by atoms with Crippen molar-refractivity contribution < 1.29 is 48.3 Å². The van der Waals surface area contributed by atoms with E-state index in [0.29, 0.717) is 111 Å². The zero-order valence-electron chi connectivity index (χ0n) is 27.8. The van der Waals surface area contributed by atoms with Gasteiger partial charge in [-0.3, -0.25) is 19.2 Å². The first kappa shape index (κ1) is 38.6. The van der Waals surface area contributed by atoms with Crippen molar-refractivity contribution in [2.75, 3.05) is 76.6 Å². The Morgan fingerprint density at radius 3 is 1.40 bits per heavy atom. The zero-order valence-corrected chi connectivity index (χ0v) is 27.8. The van der Waals surface area contributed by atoms with Crippen LogP contribution in [0, 0.1) is 0 Å². The van der Waals surface area contributed by atoms with E-state index in [1.807, 2.05) is 0 Å². The molecule has 0 aromatic heterocycles. The van der Waals surface area contributed by atoms with E-state index in [1.165, 1.54) is 0 Å². The second-order valence-corrected chi connectivity index (χ2v) is 11.4. The Bertz CT molecular complexity index is 1220. The molecule has 0 spiro atoms. The molecule has 0 heterocycles. The minimum Gasteiger partial charge on any atom is -0.463 e. The molecule has 48 heavy (non-hydrogen) atoms. The summed E-state index contributed by atoms with van der Waals surface area (Å²) in [6.07, 6.45) is 6.25. The minimum absolute atomic E-state index is 0.126. The van der Waals surface area contributed by atoms with Gasteiger partial charge in [-0.1, -0.05) is 37.1 Å². The molecule has 4 N–H and O–H groups in total. The molecule has 2 aromatic rings. The molecule has 0 saturated carbocycles. The summed E-state index contributed by atoms with van der Waals surface area (Å²) >= 11 is 0. The Hall–Kier alpha value is -3.84. The van der Waals surface area contributed by atoms with Gasteiger partial charge in [-0.2, -0.15) is 0 Å². The number of hydrogen-bond donors (Lipinski definition) is 4. The normalized spacial score (nSPS) is 12.0. The highest BCUT2D eigenvalue weighted by Gasteiger charge is 2.33. The lowest BCUT2D eigenvalue weighted by Crippen LogP contribution is -2.25. The molecule has 12 heteroatoms. The molecular formula is C36H50N2O10. The predicted molar refractivity (Wildman–Crippen MR) is 181 cm³/mol. The summed E-state index contributed by atoms with van der Waals surface area (Å²) in [4.78, 5) is 50.7. The van der Waals surface area contributed by atoms with Crippen LogP contribution in [-0.2, 0) is 28.5 Å². The van der Waals surface area contributed by atoms with Crippen molar-refractivity contribution in [1.29, 1.82) is 0 Å². The molecule has 0 amide bonds. The van der Waals surface area contributed by atoms with Gasteiger partial charge in [0, 0.05) is 74.9 Å². The maximum Gasteiger partial charge on any atom is 0.305 e. The van der Waals surface area contributed by atoms with E-state index in [0.717, 1.165) is 12.8 Å². The summed E-state index contributed by atoms with van der Waals surface area (Å²) < 4.78 is 21.5. The Morgan fingerprint density at radius 2 is 0.979 bits per heavy atom. The molecular weight excluding hydrogens is 620 g/mol. The van der Waals surface area contributed by atoms with Gasteiger partial charge in [0.1, 0.15) is 13.2 Å². The van der Waals surface area contributed by atoms with Gasteiger partial charge in [0.25, 0.3) is 0 Å². The number of anilines is 2. The predicted octanol–water partition coefficient (Wildman–Crippen LogP) is 4.29. The number of unbranched alkanes of at least 4 members (excludes halogenated alkanes) is 4. The zero-order chi connectivity index (χ0) is 34.4. The second kappa shape index (κ2) is 22.7. The molecule has 0 fully saturated rings. The highest BCUT2D eigenvalue weighted by Crippen LogP contribution is 2.36. The highest BCUT2D eigenvalue weighted by atomic mass is 16.6. The fourth-order valence-electron chi connectivity index (χ4n) is 5.21. The third-order valence-corrected chi connectivity index (χ3v) is 7.70. The number of nitrogens with one attached hydrogen (secondary N) is 2. The van der Waals surface area contributed by atoms with Crippen LogP contribution in [0.2, 0.25) is 0 Å². The summed E-state index contributed by atoms with van der Waals surface area (Å²) in [6.45, 7) is 3.04. The van der Waals surface area contributed by atoms with Gasteiger partial charge in [0.05, 0.1) is 24.3 Å². The minimum atomic E-state index is -0.271. The molecule has 3 rings (SSSR count). The summed E-state index contributed by atoms with van der Waals surface area (Å²) in [5.41, 5.74) is 2.57. The number of aliphatic hydroxyl groups is 2. The van der Waals surface area contributed by atoms with Gasteiger partial charge < -0.3 is 39.8 Å². The first-order chi connectivity index (χ1) is 23.5. The van der Waals surface area contributed by atoms with Gasteiger partial charge in [-0.05, 0) is 50.7 Å². The summed E-state index contributed by atoms with van der Waals surface area (Å²) in [6, 6.07) is 10.4. The number of fused-ring (bicyclic) bond motifs is 2. The maximum atomic E-state index is 13.6. The van der Waals surface area contributed by atoms with Crippen LogP contribution in [0.5, 0.6) is 0 Å². The Balaban J connectivity index is 1.44. The molecule has 264 valence electrons. The van der Waals surface area contributed by atoms with Gasteiger partial charge in [-0.15, -0.1) is 0 Å². The van der Waals surface area contributed by atoms with Crippen LogP contribution in [0.4, 0.5) is 11.4 Å². The molecule has 0 radical (unpaired) electrons. The standard InChI is InChI=1S/C36H50N2O10/c39-19-7-1-3-13-31(41)47-25-23-45-21-9-17-37-29-15-16-30(34-33(29)35(43)27-11-5-6-12-28(27)36(34)44)38-18-10-22-46-24-26-48-32(42)14-4-2-8-20-40/h5-6,11-12,15-16,37-40H,1-4,7-10,13-14,17-26H2. The van der Waals surface area contributed by atoms with Crippen LogP contribution >= 0.6 is 0 Å².